The molecule has 100 valence electrons. The molecule has 0 aliphatic carbocycles. The minimum absolute atomic E-state index is 0.0792. The van der Waals surface area contributed by atoms with Crippen LogP contribution >= 0.6 is 0 Å². The van der Waals surface area contributed by atoms with Gasteiger partial charge in [-0.05, 0) is 19.2 Å². The number of aromatic nitrogens is 2. The summed E-state index contributed by atoms with van der Waals surface area (Å²) < 4.78 is 1.77. The van der Waals surface area contributed by atoms with E-state index < -0.39 is 5.97 Å². The van der Waals surface area contributed by atoms with Gasteiger partial charge in [0.25, 0.3) is 0 Å². The fraction of sp³-hybridized carbons (Fsp3) is 0.385. The molecule has 6 nitrogen and oxygen atoms in total. The van der Waals surface area contributed by atoms with Crippen molar-refractivity contribution in [2.75, 3.05) is 38.1 Å². The molecule has 6 heteroatoms. The van der Waals surface area contributed by atoms with E-state index >= 15 is 0 Å². The lowest BCUT2D eigenvalue weighted by molar-refractivity contribution is 0.0691. The Morgan fingerprint density at radius 1 is 1.21 bits per heavy atom. The molecule has 1 N–H and O–H groups in total. The molecule has 2 aromatic heterocycles. The zero-order chi connectivity index (χ0) is 13.4. The largest absolute Gasteiger partial charge is 0.476 e. The van der Waals surface area contributed by atoms with Gasteiger partial charge in [0, 0.05) is 38.6 Å². The van der Waals surface area contributed by atoms with Crippen molar-refractivity contribution in [1.29, 1.82) is 0 Å². The van der Waals surface area contributed by atoms with Crippen LogP contribution in [0.1, 0.15) is 10.5 Å². The van der Waals surface area contributed by atoms with Gasteiger partial charge in [-0.2, -0.15) is 0 Å². The van der Waals surface area contributed by atoms with Crippen LogP contribution in [0.25, 0.3) is 5.65 Å². The first-order valence-corrected chi connectivity index (χ1v) is 6.29. The van der Waals surface area contributed by atoms with E-state index in [9.17, 15) is 4.79 Å². The number of rotatable bonds is 2. The van der Waals surface area contributed by atoms with Crippen LogP contribution in [0.2, 0.25) is 0 Å². The molecule has 3 heterocycles. The minimum Gasteiger partial charge on any atom is -0.476 e. The Labute approximate surface area is 110 Å². The average Bonchev–Trinajstić information content (AvgIpc) is 2.82. The highest BCUT2D eigenvalue weighted by atomic mass is 16.4. The van der Waals surface area contributed by atoms with E-state index in [-0.39, 0.29) is 5.69 Å². The maximum Gasteiger partial charge on any atom is 0.356 e. The predicted octanol–water partition coefficient (Wildman–Crippen LogP) is 0.784. The van der Waals surface area contributed by atoms with Crippen LogP contribution in [0, 0.1) is 0 Å². The third-order valence-corrected chi connectivity index (χ3v) is 3.52. The Balaban J connectivity index is 1.90. The van der Waals surface area contributed by atoms with Crippen LogP contribution in [0.5, 0.6) is 0 Å². The molecule has 0 bridgehead atoms. The Morgan fingerprint density at radius 3 is 2.63 bits per heavy atom. The normalized spacial score (nSPS) is 17.0. The SMILES string of the molecule is CN1CCN(c2ccc3nc(C(=O)O)cn3c2)CC1. The molecule has 0 aromatic carbocycles. The summed E-state index contributed by atoms with van der Waals surface area (Å²) in [5.41, 5.74) is 1.85. The van der Waals surface area contributed by atoms with Crippen molar-refractivity contribution in [3.63, 3.8) is 0 Å². The third kappa shape index (κ3) is 2.26. The van der Waals surface area contributed by atoms with Gasteiger partial charge in [0.1, 0.15) is 5.65 Å². The number of imidazole rings is 1. The molecule has 1 aliphatic heterocycles. The first kappa shape index (κ1) is 12.0. The lowest BCUT2D eigenvalue weighted by Crippen LogP contribution is -2.44. The van der Waals surface area contributed by atoms with Crippen LogP contribution < -0.4 is 4.90 Å². The first-order chi connectivity index (χ1) is 9.13. The number of hydrogen-bond donors (Lipinski definition) is 1. The van der Waals surface area contributed by atoms with Crippen molar-refractivity contribution < 1.29 is 9.90 Å². The molecule has 0 unspecified atom stereocenters. The molecule has 0 radical (unpaired) electrons. The van der Waals surface area contributed by atoms with E-state index in [2.05, 4.69) is 21.8 Å². The van der Waals surface area contributed by atoms with E-state index in [1.165, 1.54) is 0 Å². The monoisotopic (exact) mass is 260 g/mol. The van der Waals surface area contributed by atoms with Crippen molar-refractivity contribution in [2.45, 2.75) is 0 Å². The van der Waals surface area contributed by atoms with Crippen LogP contribution in [-0.2, 0) is 0 Å². The van der Waals surface area contributed by atoms with E-state index in [1.54, 1.807) is 10.6 Å². The molecule has 1 aliphatic rings. The molecule has 0 spiro atoms. The third-order valence-electron chi connectivity index (χ3n) is 3.52. The second kappa shape index (κ2) is 4.55. The number of piperazine rings is 1. The summed E-state index contributed by atoms with van der Waals surface area (Å²) in [6, 6.07) is 3.86. The summed E-state index contributed by atoms with van der Waals surface area (Å²) in [6.07, 6.45) is 3.50. The topological polar surface area (TPSA) is 61.1 Å². The molecule has 2 aromatic rings. The molecule has 3 rings (SSSR count). The van der Waals surface area contributed by atoms with E-state index in [4.69, 9.17) is 5.11 Å². The minimum atomic E-state index is -0.996. The van der Waals surface area contributed by atoms with Gasteiger partial charge < -0.3 is 19.3 Å². The number of hydrogen-bond acceptors (Lipinski definition) is 4. The van der Waals surface area contributed by atoms with Crippen LogP contribution in [0.15, 0.2) is 24.5 Å². The highest BCUT2D eigenvalue weighted by Crippen LogP contribution is 2.17. The summed E-state index contributed by atoms with van der Waals surface area (Å²) in [5, 5.41) is 8.94. The van der Waals surface area contributed by atoms with Crippen molar-refractivity contribution in [2.24, 2.45) is 0 Å². The molecule has 0 amide bonds. The van der Waals surface area contributed by atoms with Crippen molar-refractivity contribution >= 4 is 17.3 Å². The van der Waals surface area contributed by atoms with Crippen LogP contribution in [-0.4, -0.2) is 58.6 Å². The maximum absolute atomic E-state index is 10.9. The van der Waals surface area contributed by atoms with E-state index in [1.807, 2.05) is 18.3 Å². The summed E-state index contributed by atoms with van der Waals surface area (Å²) >= 11 is 0. The zero-order valence-corrected chi connectivity index (χ0v) is 10.8. The molecule has 0 atom stereocenters. The summed E-state index contributed by atoms with van der Waals surface area (Å²) in [6.45, 7) is 4.07. The first-order valence-electron chi connectivity index (χ1n) is 6.29. The number of aromatic carboxylic acids is 1. The number of fused-ring (bicyclic) bond motifs is 1. The number of carboxylic acids is 1. The quantitative estimate of drug-likeness (QED) is 0.864. The lowest BCUT2D eigenvalue weighted by atomic mass is 10.3. The standard InChI is InChI=1S/C13H16N4O2/c1-15-4-6-16(7-5-15)10-2-3-12-14-11(13(18)19)9-17(12)8-10/h2-3,8-9H,4-7H2,1H3,(H,18,19). The maximum atomic E-state index is 10.9. The van der Waals surface area contributed by atoms with Gasteiger partial charge in [-0.15, -0.1) is 0 Å². The number of likely N-dealkylation sites (N-methyl/N-ethyl adjacent to an activating group) is 1. The van der Waals surface area contributed by atoms with Gasteiger partial charge in [0.05, 0.1) is 5.69 Å². The van der Waals surface area contributed by atoms with Crippen LogP contribution in [0.4, 0.5) is 5.69 Å². The number of pyridine rings is 1. The van der Waals surface area contributed by atoms with E-state index in [0.717, 1.165) is 31.9 Å². The van der Waals surface area contributed by atoms with Gasteiger partial charge >= 0.3 is 5.97 Å². The average molecular weight is 260 g/mol. The number of nitrogens with zero attached hydrogens (tertiary/aromatic N) is 4. The van der Waals surface area contributed by atoms with Crippen molar-refractivity contribution in [3.05, 3.63) is 30.2 Å². The van der Waals surface area contributed by atoms with Crippen LogP contribution in [0.3, 0.4) is 0 Å². The molecule has 1 saturated heterocycles. The summed E-state index contributed by atoms with van der Waals surface area (Å²) in [7, 11) is 2.12. The second-order valence-corrected chi connectivity index (χ2v) is 4.87. The van der Waals surface area contributed by atoms with Crippen molar-refractivity contribution in [3.8, 4) is 0 Å². The summed E-state index contributed by atoms with van der Waals surface area (Å²) in [5.74, 6) is -0.996. The number of anilines is 1. The number of carbonyl (C=O) groups is 1. The Bertz CT molecular complexity index is 614. The van der Waals surface area contributed by atoms with Gasteiger partial charge in [-0.3, -0.25) is 0 Å². The lowest BCUT2D eigenvalue weighted by Gasteiger charge is -2.33. The highest BCUT2D eigenvalue weighted by molar-refractivity contribution is 5.86. The number of carboxylic acid groups (broad SMARTS) is 1. The fourth-order valence-corrected chi connectivity index (χ4v) is 2.33. The Morgan fingerprint density at radius 2 is 1.95 bits per heavy atom. The second-order valence-electron chi connectivity index (χ2n) is 4.87. The smallest absolute Gasteiger partial charge is 0.356 e. The molecule has 0 saturated carbocycles. The van der Waals surface area contributed by atoms with Gasteiger partial charge in [0.15, 0.2) is 5.69 Å². The molecule has 19 heavy (non-hydrogen) atoms. The molecular formula is C13H16N4O2. The van der Waals surface area contributed by atoms with Crippen molar-refractivity contribution in [1.82, 2.24) is 14.3 Å². The highest BCUT2D eigenvalue weighted by Gasteiger charge is 2.15. The van der Waals surface area contributed by atoms with E-state index in [0.29, 0.717) is 5.65 Å². The fourth-order valence-electron chi connectivity index (χ4n) is 2.33. The van der Waals surface area contributed by atoms with Gasteiger partial charge in [-0.1, -0.05) is 0 Å². The predicted molar refractivity (Wildman–Crippen MR) is 71.9 cm³/mol. The Hall–Kier alpha value is -2.08. The van der Waals surface area contributed by atoms with Gasteiger partial charge in [-0.25, -0.2) is 9.78 Å². The zero-order valence-electron chi connectivity index (χ0n) is 10.8. The summed E-state index contributed by atoms with van der Waals surface area (Å²) in [4.78, 5) is 19.6. The Kier molecular flexibility index (Phi) is 2.87. The molecular weight excluding hydrogens is 244 g/mol. The van der Waals surface area contributed by atoms with Gasteiger partial charge in [0.2, 0.25) is 0 Å². The molecule has 1 fully saturated rings.